The van der Waals surface area contributed by atoms with Crippen LogP contribution >= 0.6 is 11.3 Å². The van der Waals surface area contributed by atoms with E-state index in [4.69, 9.17) is 0 Å². The second kappa shape index (κ2) is 10.0. The summed E-state index contributed by atoms with van der Waals surface area (Å²) in [4.78, 5) is 33.3. The molecular formula is C26H28N4O2S. The van der Waals surface area contributed by atoms with E-state index in [0.29, 0.717) is 11.5 Å². The fourth-order valence-electron chi connectivity index (χ4n) is 3.80. The molecule has 2 aromatic heterocycles. The number of hydrogen-bond donors (Lipinski definition) is 3. The molecule has 0 spiro atoms. The molecule has 7 heteroatoms. The van der Waals surface area contributed by atoms with Crippen LogP contribution in [-0.4, -0.2) is 21.8 Å². The first kappa shape index (κ1) is 22.7. The van der Waals surface area contributed by atoms with Gasteiger partial charge in [0.1, 0.15) is 5.82 Å². The standard InChI is InChI=1S/C26H28N4O2S/c1-16(2)25(23-5-4-14-33-23)30-26(32)19-9-12-21-22(15-19)29-24(28-21)13-8-18-6-10-20(11-7-18)27-17(3)31/h4-7,9-12,14-16,25H,8,13H2,1-3H3,(H,27,31)(H,28,29)(H,30,32)/t25-/m1/s1. The molecule has 6 nitrogen and oxygen atoms in total. The van der Waals surface area contributed by atoms with Gasteiger partial charge in [-0.05, 0) is 59.7 Å². The third kappa shape index (κ3) is 5.68. The van der Waals surface area contributed by atoms with E-state index in [-0.39, 0.29) is 17.9 Å². The molecule has 0 fully saturated rings. The van der Waals surface area contributed by atoms with Crippen molar-refractivity contribution in [2.75, 3.05) is 5.32 Å². The van der Waals surface area contributed by atoms with Gasteiger partial charge in [0.15, 0.2) is 0 Å². The quantitative estimate of drug-likeness (QED) is 0.325. The van der Waals surface area contributed by atoms with Crippen LogP contribution in [0.15, 0.2) is 60.0 Å². The topological polar surface area (TPSA) is 86.9 Å². The molecule has 4 rings (SSSR count). The first-order valence-corrected chi connectivity index (χ1v) is 12.0. The maximum absolute atomic E-state index is 12.9. The largest absolute Gasteiger partial charge is 0.344 e. The molecule has 0 aliphatic carbocycles. The lowest BCUT2D eigenvalue weighted by molar-refractivity contribution is -0.114. The molecule has 33 heavy (non-hydrogen) atoms. The van der Waals surface area contributed by atoms with Gasteiger partial charge in [0, 0.05) is 29.5 Å². The molecule has 3 N–H and O–H groups in total. The van der Waals surface area contributed by atoms with Crippen LogP contribution in [0.1, 0.15) is 53.4 Å². The number of H-pyrrole nitrogens is 1. The van der Waals surface area contributed by atoms with Crippen LogP contribution in [0.4, 0.5) is 5.69 Å². The zero-order chi connectivity index (χ0) is 23.4. The van der Waals surface area contributed by atoms with Crippen LogP contribution < -0.4 is 10.6 Å². The van der Waals surface area contributed by atoms with Gasteiger partial charge in [0.05, 0.1) is 17.1 Å². The number of nitrogens with one attached hydrogen (secondary N) is 3. The summed E-state index contributed by atoms with van der Waals surface area (Å²) in [5.74, 6) is 1.01. The lowest BCUT2D eigenvalue weighted by Gasteiger charge is -2.21. The Morgan fingerprint density at radius 2 is 1.85 bits per heavy atom. The Kier molecular flexibility index (Phi) is 6.89. The number of amides is 2. The van der Waals surface area contributed by atoms with Gasteiger partial charge in [0.25, 0.3) is 5.91 Å². The number of thiophene rings is 1. The van der Waals surface area contributed by atoms with Crippen molar-refractivity contribution in [1.29, 1.82) is 0 Å². The first-order valence-electron chi connectivity index (χ1n) is 11.1. The number of imidazole rings is 1. The maximum Gasteiger partial charge on any atom is 0.251 e. The Bertz CT molecular complexity index is 1240. The monoisotopic (exact) mass is 460 g/mol. The zero-order valence-electron chi connectivity index (χ0n) is 19.0. The third-order valence-corrected chi connectivity index (χ3v) is 6.48. The number of rotatable bonds is 8. The number of anilines is 1. The van der Waals surface area contributed by atoms with Crippen LogP contribution in [0.2, 0.25) is 0 Å². The molecule has 1 atom stereocenters. The summed E-state index contributed by atoms with van der Waals surface area (Å²) in [6.45, 7) is 5.72. The predicted octanol–water partition coefficient (Wildman–Crippen LogP) is 5.50. The van der Waals surface area contributed by atoms with E-state index >= 15 is 0 Å². The SMILES string of the molecule is CC(=O)Nc1ccc(CCc2nc3ccc(C(=O)N[C@@H](c4cccs4)C(C)C)cc3[nH]2)cc1. The predicted molar refractivity (Wildman–Crippen MR) is 134 cm³/mol. The summed E-state index contributed by atoms with van der Waals surface area (Å²) < 4.78 is 0. The number of aromatic amines is 1. The van der Waals surface area contributed by atoms with Gasteiger partial charge < -0.3 is 15.6 Å². The van der Waals surface area contributed by atoms with Gasteiger partial charge >= 0.3 is 0 Å². The lowest BCUT2D eigenvalue weighted by atomic mass is 10.0. The molecule has 0 aliphatic heterocycles. The number of nitrogens with zero attached hydrogens (tertiary/aromatic N) is 1. The number of fused-ring (bicyclic) bond motifs is 1. The molecule has 170 valence electrons. The summed E-state index contributed by atoms with van der Waals surface area (Å²) in [5.41, 5.74) is 4.28. The molecule has 0 saturated carbocycles. The number of carbonyl (C=O) groups is 2. The van der Waals surface area contributed by atoms with Crippen molar-refractivity contribution in [3.63, 3.8) is 0 Å². The molecule has 0 unspecified atom stereocenters. The number of carbonyl (C=O) groups excluding carboxylic acids is 2. The maximum atomic E-state index is 12.9. The van der Waals surface area contributed by atoms with E-state index < -0.39 is 0 Å². The Hall–Kier alpha value is -3.45. The summed E-state index contributed by atoms with van der Waals surface area (Å²) in [7, 11) is 0. The van der Waals surface area contributed by atoms with Gasteiger partial charge in [-0.15, -0.1) is 11.3 Å². The highest BCUT2D eigenvalue weighted by Crippen LogP contribution is 2.26. The molecule has 2 amide bonds. The van der Waals surface area contributed by atoms with Crippen LogP contribution in [0.25, 0.3) is 11.0 Å². The number of hydrogen-bond acceptors (Lipinski definition) is 4. The van der Waals surface area contributed by atoms with Crippen molar-refractivity contribution in [3.05, 3.63) is 81.8 Å². The minimum absolute atomic E-state index is 0.0115. The second-order valence-electron chi connectivity index (χ2n) is 8.50. The molecule has 4 aromatic rings. The third-order valence-electron chi connectivity index (χ3n) is 5.52. The van der Waals surface area contributed by atoms with E-state index in [9.17, 15) is 9.59 Å². The lowest BCUT2D eigenvalue weighted by Crippen LogP contribution is -2.31. The van der Waals surface area contributed by atoms with Crippen molar-refractivity contribution in [3.8, 4) is 0 Å². The van der Waals surface area contributed by atoms with E-state index in [0.717, 1.165) is 45.8 Å². The van der Waals surface area contributed by atoms with Crippen LogP contribution in [-0.2, 0) is 17.6 Å². The van der Waals surface area contributed by atoms with E-state index in [1.807, 2.05) is 53.9 Å². The highest BCUT2D eigenvalue weighted by Gasteiger charge is 2.20. The average molecular weight is 461 g/mol. The Labute approximate surface area is 197 Å². The minimum atomic E-state index is -0.0839. The van der Waals surface area contributed by atoms with E-state index in [1.54, 1.807) is 11.3 Å². The Morgan fingerprint density at radius 3 is 2.52 bits per heavy atom. The van der Waals surface area contributed by atoms with E-state index in [1.165, 1.54) is 6.92 Å². The minimum Gasteiger partial charge on any atom is -0.344 e. The number of benzene rings is 2. The van der Waals surface area contributed by atoms with Crippen LogP contribution in [0.5, 0.6) is 0 Å². The van der Waals surface area contributed by atoms with E-state index in [2.05, 4.69) is 40.5 Å². The van der Waals surface area contributed by atoms with Gasteiger partial charge in [0.2, 0.25) is 5.91 Å². The summed E-state index contributed by atoms with van der Waals surface area (Å²) in [6.07, 6.45) is 1.58. The molecule has 2 heterocycles. The molecule has 0 bridgehead atoms. The fraction of sp³-hybridized carbons (Fsp3) is 0.269. The van der Waals surface area contributed by atoms with Gasteiger partial charge in [-0.1, -0.05) is 32.0 Å². The number of aryl methyl sites for hydroxylation is 2. The first-order chi connectivity index (χ1) is 15.9. The summed E-state index contributed by atoms with van der Waals surface area (Å²) in [6, 6.07) is 17.5. The molecule has 0 saturated heterocycles. The fourth-order valence-corrected chi connectivity index (χ4v) is 4.75. The molecular weight excluding hydrogens is 432 g/mol. The Balaban J connectivity index is 1.42. The van der Waals surface area contributed by atoms with Crippen molar-refractivity contribution in [2.45, 2.75) is 39.7 Å². The van der Waals surface area contributed by atoms with Crippen molar-refractivity contribution >= 4 is 39.9 Å². The highest BCUT2D eigenvalue weighted by atomic mass is 32.1. The average Bonchev–Trinajstić information content (AvgIpc) is 3.45. The van der Waals surface area contributed by atoms with Gasteiger partial charge in [-0.2, -0.15) is 0 Å². The normalized spacial score (nSPS) is 12.1. The highest BCUT2D eigenvalue weighted by molar-refractivity contribution is 7.10. The Morgan fingerprint density at radius 1 is 1.06 bits per heavy atom. The molecule has 2 aromatic carbocycles. The van der Waals surface area contributed by atoms with Crippen LogP contribution in [0.3, 0.4) is 0 Å². The van der Waals surface area contributed by atoms with Crippen molar-refractivity contribution in [2.24, 2.45) is 5.92 Å². The van der Waals surface area contributed by atoms with Crippen molar-refractivity contribution in [1.82, 2.24) is 15.3 Å². The number of aromatic nitrogens is 2. The second-order valence-corrected chi connectivity index (χ2v) is 9.48. The summed E-state index contributed by atoms with van der Waals surface area (Å²) >= 11 is 1.66. The van der Waals surface area contributed by atoms with Gasteiger partial charge in [-0.3, -0.25) is 9.59 Å². The van der Waals surface area contributed by atoms with Crippen molar-refractivity contribution < 1.29 is 9.59 Å². The smallest absolute Gasteiger partial charge is 0.251 e. The molecule has 0 aliphatic rings. The summed E-state index contributed by atoms with van der Waals surface area (Å²) in [5, 5.41) is 7.99. The van der Waals surface area contributed by atoms with Gasteiger partial charge in [-0.25, -0.2) is 4.98 Å². The molecule has 0 radical (unpaired) electrons. The van der Waals surface area contributed by atoms with Crippen LogP contribution in [0, 0.1) is 5.92 Å². The zero-order valence-corrected chi connectivity index (χ0v) is 19.8.